The topological polar surface area (TPSA) is 119 Å². The summed E-state index contributed by atoms with van der Waals surface area (Å²) in [4.78, 5) is 39.0. The van der Waals surface area contributed by atoms with E-state index < -0.39 is 11.8 Å². The highest BCUT2D eigenvalue weighted by Crippen LogP contribution is 2.32. The number of aryl methyl sites for hydroxylation is 2. The summed E-state index contributed by atoms with van der Waals surface area (Å²) in [5, 5.41) is 12.8. The van der Waals surface area contributed by atoms with Crippen molar-refractivity contribution >= 4 is 22.7 Å². The number of carbonyl (C=O) groups excluding carboxylic acids is 1. The van der Waals surface area contributed by atoms with Gasteiger partial charge in [0.15, 0.2) is 5.58 Å². The molecular formula is C26H31FN4O5. The van der Waals surface area contributed by atoms with Gasteiger partial charge in [-0.05, 0) is 64.3 Å². The Kier molecular flexibility index (Phi) is 7.93. The van der Waals surface area contributed by atoms with E-state index in [-0.39, 0.29) is 11.4 Å². The van der Waals surface area contributed by atoms with Crippen LogP contribution < -0.4 is 5.56 Å². The van der Waals surface area contributed by atoms with Crippen LogP contribution in [0.3, 0.4) is 0 Å². The van der Waals surface area contributed by atoms with Crippen molar-refractivity contribution in [1.29, 1.82) is 0 Å². The summed E-state index contributed by atoms with van der Waals surface area (Å²) in [6, 6.07) is 4.63. The molecule has 2 aromatic heterocycles. The lowest BCUT2D eigenvalue weighted by molar-refractivity contribution is -0.148. The molecule has 0 spiro atoms. The Morgan fingerprint density at radius 3 is 2.61 bits per heavy atom. The fraction of sp³-hybridized carbons (Fsp3) is 0.500. The van der Waals surface area contributed by atoms with Crippen LogP contribution in [-0.2, 0) is 29.0 Å². The largest absolute Gasteiger partial charge is 0.476 e. The van der Waals surface area contributed by atoms with Crippen molar-refractivity contribution in [2.45, 2.75) is 64.8 Å². The second-order valence-corrected chi connectivity index (χ2v) is 9.44. The van der Waals surface area contributed by atoms with Crippen LogP contribution in [0.15, 0.2) is 27.5 Å². The number of hydrogen-bond donors (Lipinski definition) is 1. The molecule has 0 atom stereocenters. The van der Waals surface area contributed by atoms with E-state index in [0.29, 0.717) is 11.5 Å². The number of piperidine rings is 1. The summed E-state index contributed by atoms with van der Waals surface area (Å²) >= 11 is 0. The first kappa shape index (κ1) is 25.7. The third-order valence-electron chi connectivity index (χ3n) is 7.00. The zero-order valence-corrected chi connectivity index (χ0v) is 20.6. The number of fused-ring (bicyclic) bond motifs is 2. The molecule has 36 heavy (non-hydrogen) atoms. The molecule has 0 bridgehead atoms. The van der Waals surface area contributed by atoms with Gasteiger partial charge >= 0.3 is 5.97 Å². The fourth-order valence-corrected chi connectivity index (χ4v) is 4.94. The van der Waals surface area contributed by atoms with E-state index in [1.54, 1.807) is 6.07 Å². The van der Waals surface area contributed by atoms with E-state index in [0.717, 1.165) is 99.8 Å². The molecule has 0 saturated carbocycles. The SMILES string of the molecule is CC(=O)C(=O)O.Cc1nc2n(c(=O)c1CCN1CCC(c3noc4cc(F)ccc34)CC1)CCCC2. The maximum absolute atomic E-state index is 13.4. The second-order valence-electron chi connectivity index (χ2n) is 9.44. The van der Waals surface area contributed by atoms with Crippen LogP contribution in [-0.4, -0.2) is 56.1 Å². The first-order valence-corrected chi connectivity index (χ1v) is 12.3. The lowest BCUT2D eigenvalue weighted by Gasteiger charge is -2.31. The molecule has 0 unspecified atom stereocenters. The molecule has 0 amide bonds. The molecule has 9 nitrogen and oxygen atoms in total. The summed E-state index contributed by atoms with van der Waals surface area (Å²) in [5.41, 5.74) is 3.38. The number of nitrogens with zero attached hydrogens (tertiary/aromatic N) is 4. The number of ketones is 1. The van der Waals surface area contributed by atoms with Crippen molar-refractivity contribution in [2.75, 3.05) is 19.6 Å². The molecule has 1 fully saturated rings. The molecule has 5 rings (SSSR count). The number of rotatable bonds is 5. The Labute approximate surface area is 207 Å². The maximum Gasteiger partial charge on any atom is 0.371 e. The van der Waals surface area contributed by atoms with Crippen molar-refractivity contribution in [3.63, 3.8) is 0 Å². The molecule has 1 N–H and O–H groups in total. The average Bonchev–Trinajstić information content (AvgIpc) is 3.27. The number of aromatic nitrogens is 3. The van der Waals surface area contributed by atoms with E-state index in [9.17, 15) is 18.8 Å². The second kappa shape index (κ2) is 11.1. The predicted octanol–water partition coefficient (Wildman–Crippen LogP) is 3.25. The van der Waals surface area contributed by atoms with Gasteiger partial charge in [0.05, 0.1) is 5.69 Å². The van der Waals surface area contributed by atoms with Crippen molar-refractivity contribution in [3.05, 3.63) is 57.1 Å². The van der Waals surface area contributed by atoms with Crippen LogP contribution in [0.2, 0.25) is 0 Å². The normalized spacial score (nSPS) is 16.3. The smallest absolute Gasteiger partial charge is 0.371 e. The summed E-state index contributed by atoms with van der Waals surface area (Å²) in [5.74, 6) is -1.23. The number of likely N-dealkylation sites (tertiary alicyclic amines) is 1. The summed E-state index contributed by atoms with van der Waals surface area (Å²) < 4.78 is 20.6. The highest BCUT2D eigenvalue weighted by Gasteiger charge is 2.25. The quantitative estimate of drug-likeness (QED) is 0.533. The van der Waals surface area contributed by atoms with Gasteiger partial charge in [0.2, 0.25) is 5.78 Å². The van der Waals surface area contributed by atoms with E-state index >= 15 is 0 Å². The van der Waals surface area contributed by atoms with Crippen LogP contribution in [0, 0.1) is 12.7 Å². The summed E-state index contributed by atoms with van der Waals surface area (Å²) in [6.07, 6.45) is 5.81. The molecule has 3 aromatic rings. The predicted molar refractivity (Wildman–Crippen MR) is 131 cm³/mol. The van der Waals surface area contributed by atoms with Crippen molar-refractivity contribution in [1.82, 2.24) is 19.6 Å². The monoisotopic (exact) mass is 498 g/mol. The number of benzene rings is 1. The molecule has 0 aliphatic carbocycles. The third-order valence-corrected chi connectivity index (χ3v) is 7.00. The van der Waals surface area contributed by atoms with Gasteiger partial charge in [-0.25, -0.2) is 14.2 Å². The van der Waals surface area contributed by atoms with E-state index in [2.05, 4.69) is 10.1 Å². The number of Topliss-reactive ketones (excluding diaryl/α,β-unsaturated/α-hetero) is 1. The van der Waals surface area contributed by atoms with Gasteiger partial charge in [-0.15, -0.1) is 0 Å². The Hall–Kier alpha value is -3.40. The van der Waals surface area contributed by atoms with E-state index in [1.807, 2.05) is 11.5 Å². The Bertz CT molecular complexity index is 1310. The zero-order chi connectivity index (χ0) is 25.8. The average molecular weight is 499 g/mol. The molecule has 4 heterocycles. The highest BCUT2D eigenvalue weighted by molar-refractivity contribution is 6.31. The first-order valence-electron chi connectivity index (χ1n) is 12.3. The van der Waals surface area contributed by atoms with Gasteiger partial charge in [-0.1, -0.05) is 5.16 Å². The Morgan fingerprint density at radius 1 is 1.19 bits per heavy atom. The minimum absolute atomic E-state index is 0.161. The van der Waals surface area contributed by atoms with Crippen molar-refractivity contribution in [2.24, 2.45) is 0 Å². The number of halogens is 1. The number of carboxylic acids is 1. The maximum atomic E-state index is 13.4. The van der Waals surface area contributed by atoms with Gasteiger partial charge < -0.3 is 14.5 Å². The van der Waals surface area contributed by atoms with Crippen LogP contribution in [0.4, 0.5) is 4.39 Å². The van der Waals surface area contributed by atoms with Crippen LogP contribution in [0.25, 0.3) is 11.0 Å². The van der Waals surface area contributed by atoms with E-state index in [4.69, 9.17) is 14.6 Å². The summed E-state index contributed by atoms with van der Waals surface area (Å²) in [6.45, 7) is 6.56. The lowest BCUT2D eigenvalue weighted by atomic mass is 9.91. The minimum Gasteiger partial charge on any atom is -0.476 e. The standard InChI is InChI=1S/C23H27FN4O2.C3H4O3/c1-15-18(23(29)28-10-3-2-4-21(28)25-15)9-13-27-11-7-16(8-12-27)22-19-6-5-17(24)14-20(19)30-26-22;1-2(4)3(5)6/h5-6,14,16H,2-4,7-13H2,1H3;1H3,(H,5,6). The number of carbonyl (C=O) groups is 2. The van der Waals surface area contributed by atoms with E-state index in [1.165, 1.54) is 12.1 Å². The van der Waals surface area contributed by atoms with Crippen LogP contribution in [0.5, 0.6) is 0 Å². The number of aliphatic carboxylic acids is 1. The molecular weight excluding hydrogens is 467 g/mol. The molecule has 0 radical (unpaired) electrons. The van der Waals surface area contributed by atoms with Gasteiger partial charge in [-0.2, -0.15) is 0 Å². The van der Waals surface area contributed by atoms with Gasteiger partial charge in [0.25, 0.3) is 5.56 Å². The Balaban J connectivity index is 0.000000455. The van der Waals surface area contributed by atoms with Crippen LogP contribution >= 0.6 is 0 Å². The number of carboxylic acid groups (broad SMARTS) is 1. The first-order chi connectivity index (χ1) is 17.2. The molecule has 2 aliphatic rings. The fourth-order valence-electron chi connectivity index (χ4n) is 4.94. The molecule has 10 heteroatoms. The van der Waals surface area contributed by atoms with Gasteiger partial charge in [0, 0.05) is 55.1 Å². The van der Waals surface area contributed by atoms with Gasteiger partial charge in [0.1, 0.15) is 11.6 Å². The molecule has 1 aromatic carbocycles. The van der Waals surface area contributed by atoms with Crippen molar-refractivity contribution in [3.8, 4) is 0 Å². The number of hydrogen-bond acceptors (Lipinski definition) is 7. The minimum atomic E-state index is -1.38. The van der Waals surface area contributed by atoms with Crippen molar-refractivity contribution < 1.29 is 23.6 Å². The summed E-state index contributed by atoms with van der Waals surface area (Å²) in [7, 11) is 0. The third kappa shape index (κ3) is 5.70. The van der Waals surface area contributed by atoms with Gasteiger partial charge in [-0.3, -0.25) is 14.2 Å². The zero-order valence-electron chi connectivity index (χ0n) is 20.6. The molecule has 2 aliphatic heterocycles. The lowest BCUT2D eigenvalue weighted by Crippen LogP contribution is -2.37. The highest BCUT2D eigenvalue weighted by atomic mass is 19.1. The van der Waals surface area contributed by atoms with Crippen LogP contribution in [0.1, 0.15) is 61.3 Å². The molecule has 192 valence electrons. The molecule has 1 saturated heterocycles. The Morgan fingerprint density at radius 2 is 1.92 bits per heavy atom.